The summed E-state index contributed by atoms with van der Waals surface area (Å²) >= 11 is 5.95. The number of aliphatic carboxylic acids is 1. The van der Waals surface area contributed by atoms with Crippen molar-refractivity contribution in [3.8, 4) is 0 Å². The molecule has 0 aliphatic heterocycles. The Morgan fingerprint density at radius 1 is 1.36 bits per heavy atom. The third kappa shape index (κ3) is 6.89. The molecular weight excluding hydrogens is 306 g/mol. The molecule has 1 amide bonds. The van der Waals surface area contributed by atoms with Crippen LogP contribution in [0.4, 0.5) is 5.69 Å². The van der Waals surface area contributed by atoms with E-state index in [2.05, 4.69) is 5.32 Å². The average Bonchev–Trinajstić information content (AvgIpc) is 2.44. The standard InChI is InChI=1S/C15H22ClN3O3/c1-19(2)9-5-8-17-13(15(21)22)10-14(20)18-12-7-4-3-6-11(12)16/h3-4,6-7,13,17H,5,8-10H2,1-2H3,(H,18,20)(H,21,22)/p+1/t13-/m1/s1. The lowest BCUT2D eigenvalue weighted by molar-refractivity contribution is -0.860. The van der Waals surface area contributed by atoms with Crippen LogP contribution in [-0.2, 0) is 9.59 Å². The number of carboxylic acid groups (broad SMARTS) is 1. The van der Waals surface area contributed by atoms with Crippen LogP contribution in [0, 0.1) is 0 Å². The predicted octanol–water partition coefficient (Wildman–Crippen LogP) is -2.11. The van der Waals surface area contributed by atoms with Crippen LogP contribution in [0.15, 0.2) is 24.3 Å². The van der Waals surface area contributed by atoms with Crippen molar-refractivity contribution in [2.24, 2.45) is 0 Å². The van der Waals surface area contributed by atoms with Gasteiger partial charge in [0.1, 0.15) is 6.04 Å². The molecule has 0 aromatic heterocycles. The molecule has 0 radical (unpaired) electrons. The molecule has 0 heterocycles. The van der Waals surface area contributed by atoms with Gasteiger partial charge in [0, 0.05) is 6.42 Å². The highest BCUT2D eigenvalue weighted by atomic mass is 35.5. The van der Waals surface area contributed by atoms with E-state index >= 15 is 0 Å². The normalized spacial score (nSPS) is 12.2. The topological polar surface area (TPSA) is 90.3 Å². The summed E-state index contributed by atoms with van der Waals surface area (Å²) in [6.45, 7) is 1.59. The highest BCUT2D eigenvalue weighted by molar-refractivity contribution is 6.33. The van der Waals surface area contributed by atoms with E-state index in [1.807, 2.05) is 14.1 Å². The third-order valence-corrected chi connectivity index (χ3v) is 3.52. The first kappa shape index (κ1) is 18.4. The number of halogens is 1. The Kier molecular flexibility index (Phi) is 7.87. The zero-order valence-corrected chi connectivity index (χ0v) is 13.7. The molecule has 4 N–H and O–H groups in total. The Morgan fingerprint density at radius 2 is 2.05 bits per heavy atom. The van der Waals surface area contributed by atoms with Gasteiger partial charge >= 0.3 is 0 Å². The fraction of sp³-hybridized carbons (Fsp3) is 0.467. The van der Waals surface area contributed by atoms with Crippen LogP contribution in [0.25, 0.3) is 0 Å². The molecule has 0 unspecified atom stereocenters. The molecule has 0 spiro atoms. The van der Waals surface area contributed by atoms with Crippen molar-refractivity contribution in [2.45, 2.75) is 18.9 Å². The molecule has 0 aliphatic carbocycles. The van der Waals surface area contributed by atoms with E-state index < -0.39 is 17.9 Å². The van der Waals surface area contributed by atoms with Crippen LogP contribution in [0.3, 0.4) is 0 Å². The molecule has 22 heavy (non-hydrogen) atoms. The van der Waals surface area contributed by atoms with Crippen molar-refractivity contribution in [3.63, 3.8) is 0 Å². The van der Waals surface area contributed by atoms with Crippen LogP contribution in [-0.4, -0.2) is 45.1 Å². The summed E-state index contributed by atoms with van der Waals surface area (Å²) in [6.07, 6.45) is 0.723. The quantitative estimate of drug-likeness (QED) is 0.453. The van der Waals surface area contributed by atoms with E-state index in [1.54, 1.807) is 29.6 Å². The maximum atomic E-state index is 11.9. The molecule has 0 saturated heterocycles. The number of para-hydroxylation sites is 1. The number of anilines is 1. The number of amides is 1. The van der Waals surface area contributed by atoms with Gasteiger partial charge in [0.25, 0.3) is 0 Å². The van der Waals surface area contributed by atoms with Gasteiger partial charge in [0.2, 0.25) is 5.91 Å². The number of carboxylic acids is 1. The molecule has 1 rings (SSSR count). The van der Waals surface area contributed by atoms with E-state index in [0.717, 1.165) is 13.0 Å². The second kappa shape index (κ2) is 9.40. The summed E-state index contributed by atoms with van der Waals surface area (Å²) in [7, 11) is 4.07. The number of carbonyl (C=O) groups excluding carboxylic acids is 2. The zero-order valence-electron chi connectivity index (χ0n) is 12.9. The molecule has 1 aromatic carbocycles. The Bertz CT molecular complexity index is 509. The summed E-state index contributed by atoms with van der Waals surface area (Å²) in [5.74, 6) is -1.62. The van der Waals surface area contributed by atoms with Gasteiger partial charge in [-0.3, -0.25) is 4.79 Å². The monoisotopic (exact) mass is 328 g/mol. The first-order chi connectivity index (χ1) is 10.4. The molecule has 0 bridgehead atoms. The first-order valence-electron chi connectivity index (χ1n) is 7.27. The Labute approximate surface area is 135 Å². The van der Waals surface area contributed by atoms with Crippen LogP contribution in [0.2, 0.25) is 5.02 Å². The highest BCUT2D eigenvalue weighted by Crippen LogP contribution is 2.20. The van der Waals surface area contributed by atoms with Gasteiger partial charge in [-0.2, -0.15) is 0 Å². The number of carbonyl (C=O) groups is 2. The number of hydrogen-bond donors (Lipinski definition) is 3. The Morgan fingerprint density at radius 3 is 2.64 bits per heavy atom. The summed E-state index contributed by atoms with van der Waals surface area (Å²) < 4.78 is 0. The van der Waals surface area contributed by atoms with Crippen LogP contribution >= 0.6 is 11.6 Å². The zero-order chi connectivity index (χ0) is 16.5. The second-order valence-electron chi connectivity index (χ2n) is 5.49. The largest absolute Gasteiger partial charge is 0.544 e. The van der Waals surface area contributed by atoms with E-state index in [0.29, 0.717) is 17.3 Å². The fourth-order valence-corrected chi connectivity index (χ4v) is 2.18. The molecule has 122 valence electrons. The number of benzene rings is 1. The number of nitrogens with one attached hydrogen (secondary N) is 2. The van der Waals surface area contributed by atoms with Crippen molar-refractivity contribution < 1.29 is 24.9 Å². The summed E-state index contributed by atoms with van der Waals surface area (Å²) in [5.41, 5.74) is 0.475. The van der Waals surface area contributed by atoms with Crippen molar-refractivity contribution in [1.29, 1.82) is 0 Å². The predicted molar refractivity (Wildman–Crippen MR) is 82.6 cm³/mol. The molecule has 1 aromatic rings. The van der Waals surface area contributed by atoms with Gasteiger partial charge in [0.05, 0.1) is 50.3 Å². The number of rotatable bonds is 9. The molecule has 6 nitrogen and oxygen atoms in total. The van der Waals surface area contributed by atoms with Gasteiger partial charge in [0.15, 0.2) is 0 Å². The molecule has 0 aliphatic rings. The van der Waals surface area contributed by atoms with E-state index in [4.69, 9.17) is 11.6 Å². The third-order valence-electron chi connectivity index (χ3n) is 3.19. The molecular formula is C15H23ClN3O3+. The minimum atomic E-state index is -1.23. The Hall–Kier alpha value is -1.63. The SMILES string of the molecule is C[NH+](C)CCC[NH2+][C@H](CC(=O)Nc1ccccc1Cl)C(=O)[O-]. The second-order valence-corrected chi connectivity index (χ2v) is 5.90. The summed E-state index contributed by atoms with van der Waals surface area (Å²) in [6, 6.07) is 5.93. The number of nitrogens with two attached hydrogens (primary N) is 1. The number of hydrogen-bond acceptors (Lipinski definition) is 3. The number of quaternary nitrogens is 2. The Balaban J connectivity index is 2.47. The van der Waals surface area contributed by atoms with E-state index in [-0.39, 0.29) is 6.42 Å². The van der Waals surface area contributed by atoms with Crippen molar-refractivity contribution >= 4 is 29.2 Å². The molecule has 0 fully saturated rings. The molecule has 1 atom stereocenters. The van der Waals surface area contributed by atoms with Gasteiger partial charge in [-0.25, -0.2) is 0 Å². The lowest BCUT2D eigenvalue weighted by Gasteiger charge is -2.17. The van der Waals surface area contributed by atoms with Gasteiger partial charge in [-0.15, -0.1) is 0 Å². The van der Waals surface area contributed by atoms with E-state index in [9.17, 15) is 14.7 Å². The minimum absolute atomic E-state index is 0.150. The van der Waals surface area contributed by atoms with Crippen molar-refractivity contribution in [3.05, 3.63) is 29.3 Å². The average molecular weight is 329 g/mol. The first-order valence-corrected chi connectivity index (χ1v) is 7.65. The van der Waals surface area contributed by atoms with Crippen LogP contribution in [0.5, 0.6) is 0 Å². The van der Waals surface area contributed by atoms with Crippen molar-refractivity contribution in [1.82, 2.24) is 0 Å². The van der Waals surface area contributed by atoms with Crippen molar-refractivity contribution in [2.75, 3.05) is 32.5 Å². The fourth-order valence-electron chi connectivity index (χ4n) is 2.00. The van der Waals surface area contributed by atoms with Gasteiger partial charge in [-0.05, 0) is 12.1 Å². The lowest BCUT2D eigenvalue weighted by atomic mass is 10.2. The smallest absolute Gasteiger partial charge is 0.230 e. The highest BCUT2D eigenvalue weighted by Gasteiger charge is 2.18. The van der Waals surface area contributed by atoms with Crippen LogP contribution < -0.4 is 20.6 Å². The van der Waals surface area contributed by atoms with E-state index in [1.165, 1.54) is 4.90 Å². The van der Waals surface area contributed by atoms with Gasteiger partial charge in [-0.1, -0.05) is 23.7 Å². The maximum Gasteiger partial charge on any atom is 0.230 e. The molecule has 0 saturated carbocycles. The summed E-state index contributed by atoms with van der Waals surface area (Å²) in [4.78, 5) is 24.4. The van der Waals surface area contributed by atoms with Gasteiger partial charge < -0.3 is 25.4 Å². The lowest BCUT2D eigenvalue weighted by Crippen LogP contribution is -3.06. The summed E-state index contributed by atoms with van der Waals surface area (Å²) in [5, 5.41) is 15.8. The minimum Gasteiger partial charge on any atom is -0.544 e. The molecule has 7 heteroatoms. The maximum absolute atomic E-state index is 11.9. The van der Waals surface area contributed by atoms with Crippen LogP contribution in [0.1, 0.15) is 12.8 Å².